The summed E-state index contributed by atoms with van der Waals surface area (Å²) in [5, 5.41) is 9.14. The SMILES string of the molecule is Cc1cc(C(=O)O)cc(CCCCc2ncccc2CCC(C)C)n1. The van der Waals surface area contributed by atoms with Gasteiger partial charge < -0.3 is 5.11 Å². The number of rotatable bonds is 9. The van der Waals surface area contributed by atoms with Crippen LogP contribution in [0.1, 0.15) is 66.1 Å². The third-order valence-corrected chi connectivity index (χ3v) is 4.33. The zero-order valence-corrected chi connectivity index (χ0v) is 15.5. The highest BCUT2D eigenvalue weighted by Crippen LogP contribution is 2.15. The van der Waals surface area contributed by atoms with E-state index in [-0.39, 0.29) is 0 Å². The van der Waals surface area contributed by atoms with Crippen molar-refractivity contribution in [3.63, 3.8) is 0 Å². The van der Waals surface area contributed by atoms with E-state index < -0.39 is 5.97 Å². The lowest BCUT2D eigenvalue weighted by Crippen LogP contribution is -2.03. The number of pyridine rings is 2. The Labute approximate surface area is 150 Å². The van der Waals surface area contributed by atoms with Crippen molar-refractivity contribution in [3.05, 3.63) is 58.7 Å². The zero-order valence-electron chi connectivity index (χ0n) is 15.5. The highest BCUT2D eigenvalue weighted by molar-refractivity contribution is 5.87. The van der Waals surface area contributed by atoms with E-state index in [9.17, 15) is 4.79 Å². The van der Waals surface area contributed by atoms with Gasteiger partial charge in [0.15, 0.2) is 0 Å². The van der Waals surface area contributed by atoms with Gasteiger partial charge in [-0.1, -0.05) is 19.9 Å². The number of hydrogen-bond acceptors (Lipinski definition) is 3. The van der Waals surface area contributed by atoms with E-state index >= 15 is 0 Å². The Balaban J connectivity index is 1.88. The number of hydrogen-bond donors (Lipinski definition) is 1. The van der Waals surface area contributed by atoms with Gasteiger partial charge in [-0.15, -0.1) is 0 Å². The molecule has 0 aliphatic heterocycles. The quantitative estimate of drug-likeness (QED) is 0.676. The van der Waals surface area contributed by atoms with Crippen LogP contribution in [-0.4, -0.2) is 21.0 Å². The number of aromatic nitrogens is 2. The van der Waals surface area contributed by atoms with E-state index in [0.29, 0.717) is 11.5 Å². The van der Waals surface area contributed by atoms with Crippen LogP contribution in [-0.2, 0) is 19.3 Å². The summed E-state index contributed by atoms with van der Waals surface area (Å²) >= 11 is 0. The van der Waals surface area contributed by atoms with Gasteiger partial charge in [0.25, 0.3) is 0 Å². The second-order valence-electron chi connectivity index (χ2n) is 7.04. The topological polar surface area (TPSA) is 63.1 Å². The van der Waals surface area contributed by atoms with Crippen LogP contribution in [0, 0.1) is 12.8 Å². The molecule has 0 saturated carbocycles. The maximum Gasteiger partial charge on any atom is 0.335 e. The summed E-state index contributed by atoms with van der Waals surface area (Å²) < 4.78 is 0. The molecule has 0 saturated heterocycles. The van der Waals surface area contributed by atoms with Crippen LogP contribution in [0.25, 0.3) is 0 Å². The van der Waals surface area contributed by atoms with Gasteiger partial charge in [-0.05, 0) is 75.1 Å². The second kappa shape index (κ2) is 9.30. The van der Waals surface area contributed by atoms with Crippen molar-refractivity contribution in [1.29, 1.82) is 0 Å². The fraction of sp³-hybridized carbons (Fsp3) is 0.476. The Hall–Kier alpha value is -2.23. The molecule has 25 heavy (non-hydrogen) atoms. The monoisotopic (exact) mass is 340 g/mol. The second-order valence-corrected chi connectivity index (χ2v) is 7.04. The third kappa shape index (κ3) is 6.29. The largest absolute Gasteiger partial charge is 0.478 e. The van der Waals surface area contributed by atoms with Crippen LogP contribution in [0.15, 0.2) is 30.5 Å². The number of aryl methyl sites for hydroxylation is 4. The summed E-state index contributed by atoms with van der Waals surface area (Å²) in [6, 6.07) is 7.50. The van der Waals surface area contributed by atoms with Crippen molar-refractivity contribution in [3.8, 4) is 0 Å². The number of nitrogens with zero attached hydrogens (tertiary/aromatic N) is 2. The summed E-state index contributed by atoms with van der Waals surface area (Å²) in [6.07, 6.45) is 7.92. The number of aromatic carboxylic acids is 1. The molecule has 0 atom stereocenters. The van der Waals surface area contributed by atoms with E-state index in [1.807, 2.05) is 19.2 Å². The standard InChI is InChI=1S/C21H28N2O2/c1-15(2)10-11-17-7-6-12-22-20(17)9-5-4-8-19-14-18(21(24)25)13-16(3)23-19/h6-7,12-15H,4-5,8-11H2,1-3H3,(H,24,25). The van der Waals surface area contributed by atoms with Crippen LogP contribution in [0.3, 0.4) is 0 Å². The molecular formula is C21H28N2O2. The number of carbonyl (C=O) groups is 1. The van der Waals surface area contributed by atoms with Crippen LogP contribution >= 0.6 is 0 Å². The van der Waals surface area contributed by atoms with Crippen molar-refractivity contribution in [1.82, 2.24) is 9.97 Å². The Morgan fingerprint density at radius 2 is 1.92 bits per heavy atom. The summed E-state index contributed by atoms with van der Waals surface area (Å²) in [5.41, 5.74) is 4.50. The molecule has 134 valence electrons. The van der Waals surface area contributed by atoms with Gasteiger partial charge in [-0.25, -0.2) is 4.79 Å². The first-order valence-corrected chi connectivity index (χ1v) is 9.09. The van der Waals surface area contributed by atoms with Gasteiger partial charge in [0.2, 0.25) is 0 Å². The lowest BCUT2D eigenvalue weighted by atomic mass is 9.99. The molecule has 0 unspecified atom stereocenters. The maximum absolute atomic E-state index is 11.1. The molecule has 4 heteroatoms. The molecule has 0 bridgehead atoms. The molecule has 0 spiro atoms. The van der Waals surface area contributed by atoms with Crippen molar-refractivity contribution >= 4 is 5.97 Å². The molecule has 0 amide bonds. The first-order chi connectivity index (χ1) is 12.0. The average molecular weight is 340 g/mol. The number of carboxylic acid groups (broad SMARTS) is 1. The Bertz CT molecular complexity index is 711. The maximum atomic E-state index is 11.1. The fourth-order valence-electron chi connectivity index (χ4n) is 2.96. The first kappa shape index (κ1) is 19.1. The van der Waals surface area contributed by atoms with Gasteiger partial charge in [0.1, 0.15) is 0 Å². The molecule has 1 N–H and O–H groups in total. The van der Waals surface area contributed by atoms with Crippen LogP contribution in [0.5, 0.6) is 0 Å². The van der Waals surface area contributed by atoms with E-state index in [2.05, 4.69) is 29.9 Å². The highest BCUT2D eigenvalue weighted by Gasteiger charge is 2.08. The molecule has 2 rings (SSSR count). The normalized spacial score (nSPS) is 11.0. The van der Waals surface area contributed by atoms with Gasteiger partial charge in [0.05, 0.1) is 5.56 Å². The fourth-order valence-corrected chi connectivity index (χ4v) is 2.96. The summed E-state index contributed by atoms with van der Waals surface area (Å²) in [7, 11) is 0. The average Bonchev–Trinajstić information content (AvgIpc) is 2.57. The molecule has 0 aliphatic carbocycles. The van der Waals surface area contributed by atoms with Crippen molar-refractivity contribution < 1.29 is 9.90 Å². The molecule has 2 aromatic rings. The van der Waals surface area contributed by atoms with E-state index in [4.69, 9.17) is 5.11 Å². The van der Waals surface area contributed by atoms with Gasteiger partial charge in [0, 0.05) is 23.3 Å². The minimum Gasteiger partial charge on any atom is -0.478 e. The smallest absolute Gasteiger partial charge is 0.335 e. The molecule has 2 heterocycles. The van der Waals surface area contributed by atoms with Crippen molar-refractivity contribution in [2.45, 2.75) is 59.3 Å². The molecule has 2 aromatic heterocycles. The Morgan fingerprint density at radius 1 is 1.16 bits per heavy atom. The van der Waals surface area contributed by atoms with Gasteiger partial charge in [-0.2, -0.15) is 0 Å². The minimum absolute atomic E-state index is 0.322. The Morgan fingerprint density at radius 3 is 2.64 bits per heavy atom. The summed E-state index contributed by atoms with van der Waals surface area (Å²) in [4.78, 5) is 20.1. The van der Waals surface area contributed by atoms with Gasteiger partial charge >= 0.3 is 5.97 Å². The predicted octanol–water partition coefficient (Wildman–Crippen LogP) is 4.64. The van der Waals surface area contributed by atoms with Crippen LogP contribution in [0.4, 0.5) is 0 Å². The Kier molecular flexibility index (Phi) is 7.11. The van der Waals surface area contributed by atoms with Crippen LogP contribution in [0.2, 0.25) is 0 Å². The van der Waals surface area contributed by atoms with E-state index in [0.717, 1.165) is 43.5 Å². The lowest BCUT2D eigenvalue weighted by molar-refractivity contribution is 0.0696. The summed E-state index contributed by atoms with van der Waals surface area (Å²) in [6.45, 7) is 6.33. The first-order valence-electron chi connectivity index (χ1n) is 9.09. The molecule has 0 radical (unpaired) electrons. The van der Waals surface area contributed by atoms with Gasteiger partial charge in [-0.3, -0.25) is 9.97 Å². The van der Waals surface area contributed by atoms with E-state index in [1.165, 1.54) is 17.7 Å². The molecule has 0 aromatic carbocycles. The van der Waals surface area contributed by atoms with E-state index in [1.54, 1.807) is 12.1 Å². The minimum atomic E-state index is -0.893. The molecule has 0 fully saturated rings. The predicted molar refractivity (Wildman–Crippen MR) is 100.0 cm³/mol. The lowest BCUT2D eigenvalue weighted by Gasteiger charge is -2.10. The molecular weight excluding hydrogens is 312 g/mol. The number of carboxylic acids is 1. The molecule has 4 nitrogen and oxygen atoms in total. The highest BCUT2D eigenvalue weighted by atomic mass is 16.4. The van der Waals surface area contributed by atoms with Crippen LogP contribution < -0.4 is 0 Å². The third-order valence-electron chi connectivity index (χ3n) is 4.33. The molecule has 0 aliphatic rings. The number of unbranched alkanes of at least 4 members (excludes halogenated alkanes) is 1. The van der Waals surface area contributed by atoms with Crippen molar-refractivity contribution in [2.75, 3.05) is 0 Å². The van der Waals surface area contributed by atoms with Crippen molar-refractivity contribution in [2.24, 2.45) is 5.92 Å². The zero-order chi connectivity index (χ0) is 18.2. The summed E-state index contributed by atoms with van der Waals surface area (Å²) in [5.74, 6) is -0.195.